The average Bonchev–Trinajstić information content (AvgIpc) is 2.71. The van der Waals surface area contributed by atoms with Gasteiger partial charge in [-0.3, -0.25) is 9.69 Å². The molecular weight excluding hydrogens is 411 g/mol. The van der Waals surface area contributed by atoms with E-state index in [1.165, 1.54) is 0 Å². The first-order chi connectivity index (χ1) is 14.0. The van der Waals surface area contributed by atoms with Crippen LogP contribution in [0.2, 0.25) is 10.0 Å². The van der Waals surface area contributed by atoms with Crippen LogP contribution in [0.15, 0.2) is 42.5 Å². The summed E-state index contributed by atoms with van der Waals surface area (Å²) in [6.45, 7) is 4.38. The van der Waals surface area contributed by atoms with Gasteiger partial charge in [-0.25, -0.2) is 4.79 Å². The molecule has 29 heavy (non-hydrogen) atoms. The highest BCUT2D eigenvalue weighted by molar-refractivity contribution is 6.35. The molecule has 3 rings (SSSR count). The number of nitrogens with zero attached hydrogens (tertiary/aromatic N) is 1. The summed E-state index contributed by atoms with van der Waals surface area (Å²) in [4.78, 5) is 26.7. The minimum atomic E-state index is -0.367. The lowest BCUT2D eigenvalue weighted by molar-refractivity contribution is -0.121. The number of hydrogen-bond donors (Lipinski definition) is 1. The van der Waals surface area contributed by atoms with E-state index in [-0.39, 0.29) is 17.8 Å². The molecule has 1 amide bonds. The van der Waals surface area contributed by atoms with Gasteiger partial charge >= 0.3 is 5.97 Å². The Balaban J connectivity index is 1.57. The smallest absolute Gasteiger partial charge is 0.338 e. The Bertz CT molecular complexity index is 871. The largest absolute Gasteiger partial charge is 0.462 e. The molecule has 7 heteroatoms. The van der Waals surface area contributed by atoms with Crippen molar-refractivity contribution in [1.82, 2.24) is 4.90 Å². The lowest BCUT2D eigenvalue weighted by atomic mass is 9.96. The van der Waals surface area contributed by atoms with Crippen LogP contribution in [0.1, 0.15) is 35.7 Å². The topological polar surface area (TPSA) is 58.6 Å². The van der Waals surface area contributed by atoms with Gasteiger partial charge in [0.2, 0.25) is 5.91 Å². The van der Waals surface area contributed by atoms with Crippen LogP contribution in [0.25, 0.3) is 0 Å². The van der Waals surface area contributed by atoms with Crippen molar-refractivity contribution in [3.63, 3.8) is 0 Å². The molecule has 1 N–H and O–H groups in total. The van der Waals surface area contributed by atoms with Gasteiger partial charge in [-0.15, -0.1) is 0 Å². The third-order valence-electron chi connectivity index (χ3n) is 4.95. The summed E-state index contributed by atoms with van der Waals surface area (Å²) in [5, 5.41) is 4.21. The quantitative estimate of drug-likeness (QED) is 0.648. The van der Waals surface area contributed by atoms with Crippen LogP contribution in [-0.2, 0) is 16.1 Å². The first-order valence-electron chi connectivity index (χ1n) is 9.70. The third kappa shape index (κ3) is 5.95. The second-order valence-corrected chi connectivity index (χ2v) is 7.94. The van der Waals surface area contributed by atoms with Crippen LogP contribution >= 0.6 is 23.2 Å². The Labute approximate surface area is 180 Å². The van der Waals surface area contributed by atoms with Crippen LogP contribution in [0.3, 0.4) is 0 Å². The minimum Gasteiger partial charge on any atom is -0.462 e. The van der Waals surface area contributed by atoms with Crippen molar-refractivity contribution in [2.45, 2.75) is 26.3 Å². The SMILES string of the molecule is CCOC(=O)c1ccc(NC(=O)C2CCCN(Cc3ccc(Cl)cc3Cl)C2)cc1. The number of anilines is 1. The lowest BCUT2D eigenvalue weighted by Crippen LogP contribution is -2.40. The fourth-order valence-electron chi connectivity index (χ4n) is 3.45. The molecule has 0 spiro atoms. The van der Waals surface area contributed by atoms with Gasteiger partial charge in [0.05, 0.1) is 18.1 Å². The van der Waals surface area contributed by atoms with E-state index in [1.807, 2.05) is 12.1 Å². The van der Waals surface area contributed by atoms with Gasteiger partial charge in [-0.05, 0) is 68.3 Å². The molecule has 1 heterocycles. The molecule has 2 aromatic rings. The van der Waals surface area contributed by atoms with Crippen molar-refractivity contribution in [3.8, 4) is 0 Å². The first-order valence-corrected chi connectivity index (χ1v) is 10.5. The van der Waals surface area contributed by atoms with Crippen molar-refractivity contribution < 1.29 is 14.3 Å². The zero-order valence-corrected chi connectivity index (χ0v) is 17.8. The number of halogens is 2. The second kappa shape index (κ2) is 10.1. The van der Waals surface area contributed by atoms with E-state index in [1.54, 1.807) is 37.3 Å². The van der Waals surface area contributed by atoms with Gasteiger partial charge < -0.3 is 10.1 Å². The van der Waals surface area contributed by atoms with Gasteiger partial charge in [0.1, 0.15) is 0 Å². The summed E-state index contributed by atoms with van der Waals surface area (Å²) in [5.41, 5.74) is 2.14. The summed E-state index contributed by atoms with van der Waals surface area (Å²) in [7, 11) is 0. The Morgan fingerprint density at radius 1 is 1.17 bits per heavy atom. The van der Waals surface area contributed by atoms with E-state index in [9.17, 15) is 9.59 Å². The maximum atomic E-state index is 12.7. The molecule has 1 atom stereocenters. The number of ether oxygens (including phenoxy) is 1. The number of hydrogen-bond acceptors (Lipinski definition) is 4. The minimum absolute atomic E-state index is 0.0132. The average molecular weight is 435 g/mol. The molecule has 0 aromatic heterocycles. The number of carbonyl (C=O) groups is 2. The number of rotatable bonds is 6. The van der Waals surface area contributed by atoms with Gasteiger partial charge in [0.25, 0.3) is 0 Å². The molecule has 154 valence electrons. The van der Waals surface area contributed by atoms with Crippen LogP contribution < -0.4 is 5.32 Å². The van der Waals surface area contributed by atoms with Crippen molar-refractivity contribution in [2.75, 3.05) is 25.0 Å². The highest BCUT2D eigenvalue weighted by Gasteiger charge is 2.26. The number of carbonyl (C=O) groups excluding carboxylic acids is 2. The van der Waals surface area contributed by atoms with E-state index < -0.39 is 0 Å². The van der Waals surface area contributed by atoms with E-state index in [4.69, 9.17) is 27.9 Å². The Morgan fingerprint density at radius 2 is 1.93 bits per heavy atom. The molecule has 2 aromatic carbocycles. The number of esters is 1. The van der Waals surface area contributed by atoms with E-state index in [0.29, 0.717) is 41.0 Å². The summed E-state index contributed by atoms with van der Waals surface area (Å²) < 4.78 is 4.97. The van der Waals surface area contributed by atoms with E-state index in [0.717, 1.165) is 24.9 Å². The maximum Gasteiger partial charge on any atom is 0.338 e. The molecule has 1 aliphatic heterocycles. The van der Waals surface area contributed by atoms with Gasteiger partial charge in [0.15, 0.2) is 0 Å². The monoisotopic (exact) mass is 434 g/mol. The third-order valence-corrected chi connectivity index (χ3v) is 5.54. The van der Waals surface area contributed by atoms with Crippen LogP contribution in [0, 0.1) is 5.92 Å². The van der Waals surface area contributed by atoms with Gasteiger partial charge in [-0.1, -0.05) is 29.3 Å². The standard InChI is InChI=1S/C22H24Cl2N2O3/c1-2-29-22(28)15-6-9-19(10-7-15)25-21(27)17-4-3-11-26(14-17)13-16-5-8-18(23)12-20(16)24/h5-10,12,17H,2-4,11,13-14H2,1H3,(H,25,27). The molecule has 0 radical (unpaired) electrons. The Hall–Kier alpha value is -2.08. The number of piperidine rings is 1. The van der Waals surface area contributed by atoms with Gasteiger partial charge in [-0.2, -0.15) is 0 Å². The first kappa shape index (κ1) is 21.6. The zero-order valence-electron chi connectivity index (χ0n) is 16.3. The summed E-state index contributed by atoms with van der Waals surface area (Å²) in [5.74, 6) is -0.477. The van der Waals surface area contributed by atoms with Crippen LogP contribution in [0.4, 0.5) is 5.69 Å². The Kier molecular flexibility index (Phi) is 7.53. The number of nitrogens with one attached hydrogen (secondary N) is 1. The van der Waals surface area contributed by atoms with E-state index >= 15 is 0 Å². The normalized spacial score (nSPS) is 17.0. The Morgan fingerprint density at radius 3 is 2.62 bits per heavy atom. The molecule has 0 aliphatic carbocycles. The maximum absolute atomic E-state index is 12.7. The summed E-state index contributed by atoms with van der Waals surface area (Å²) >= 11 is 12.3. The molecule has 1 unspecified atom stereocenters. The second-order valence-electron chi connectivity index (χ2n) is 7.10. The highest BCUT2D eigenvalue weighted by Crippen LogP contribution is 2.25. The zero-order chi connectivity index (χ0) is 20.8. The summed E-state index contributed by atoms with van der Waals surface area (Å²) in [6, 6.07) is 12.3. The molecule has 5 nitrogen and oxygen atoms in total. The predicted octanol–water partition coefficient (Wildman–Crippen LogP) is 5.02. The highest BCUT2D eigenvalue weighted by atomic mass is 35.5. The number of likely N-dealkylation sites (tertiary alicyclic amines) is 1. The van der Waals surface area contributed by atoms with Crippen molar-refractivity contribution in [3.05, 3.63) is 63.6 Å². The van der Waals surface area contributed by atoms with Crippen molar-refractivity contribution in [1.29, 1.82) is 0 Å². The number of benzene rings is 2. The fourth-order valence-corrected chi connectivity index (χ4v) is 3.92. The van der Waals surface area contributed by atoms with Crippen LogP contribution in [0.5, 0.6) is 0 Å². The molecule has 1 saturated heterocycles. The fraction of sp³-hybridized carbons (Fsp3) is 0.364. The number of amides is 1. The molecule has 0 saturated carbocycles. The molecule has 0 bridgehead atoms. The molecule has 1 aliphatic rings. The van der Waals surface area contributed by atoms with Gasteiger partial charge in [0, 0.05) is 28.8 Å². The molecule has 1 fully saturated rings. The lowest BCUT2D eigenvalue weighted by Gasteiger charge is -2.32. The van der Waals surface area contributed by atoms with Crippen molar-refractivity contribution in [2.24, 2.45) is 5.92 Å². The predicted molar refractivity (Wildman–Crippen MR) is 115 cm³/mol. The van der Waals surface area contributed by atoms with E-state index in [2.05, 4.69) is 10.2 Å². The molecular formula is C22H24Cl2N2O3. The summed E-state index contributed by atoms with van der Waals surface area (Å²) in [6.07, 6.45) is 1.79. The van der Waals surface area contributed by atoms with Crippen LogP contribution in [-0.4, -0.2) is 36.5 Å². The van der Waals surface area contributed by atoms with Crippen molar-refractivity contribution >= 4 is 40.8 Å².